The molecule has 4 nitrogen and oxygen atoms in total. The van der Waals surface area contributed by atoms with Gasteiger partial charge in [0.1, 0.15) is 11.5 Å². The third-order valence-corrected chi connectivity index (χ3v) is 11.8. The molecule has 0 N–H and O–H groups in total. The molecule has 8 rings (SSSR count). The number of pyridine rings is 1. The first kappa shape index (κ1) is 27.7. The second-order valence-corrected chi connectivity index (χ2v) is 18.7. The smallest absolute Gasteiger partial charge is 0.258 e. The number of ether oxygens (including phenoxy) is 1. The molecule has 0 unspecified atom stereocenters. The first-order valence-electron chi connectivity index (χ1n) is 15.6. The van der Waals surface area contributed by atoms with Gasteiger partial charge >= 0.3 is 0 Å². The van der Waals surface area contributed by atoms with Crippen LogP contribution in [0.3, 0.4) is 0 Å². The molecule has 0 aliphatic carbocycles. The van der Waals surface area contributed by atoms with Gasteiger partial charge in [-0.3, -0.25) is 4.79 Å². The van der Waals surface area contributed by atoms with Crippen LogP contribution in [0.5, 0.6) is 11.5 Å². The molecule has 0 fully saturated rings. The summed E-state index contributed by atoms with van der Waals surface area (Å²) >= 11 is 0. The van der Waals surface area contributed by atoms with Gasteiger partial charge in [-0.2, -0.15) is 0 Å². The number of fused-ring (bicyclic) bond motifs is 9. The van der Waals surface area contributed by atoms with Gasteiger partial charge in [-0.25, -0.2) is 0 Å². The van der Waals surface area contributed by atoms with Crippen molar-refractivity contribution in [2.75, 3.05) is 4.90 Å². The number of hydrogen-bond acceptors (Lipinski definition) is 3. The second-order valence-electron chi connectivity index (χ2n) is 13.6. The lowest BCUT2D eigenvalue weighted by Gasteiger charge is -2.49. The van der Waals surface area contributed by atoms with Crippen molar-refractivity contribution in [3.63, 3.8) is 0 Å². The molecular formula is C40H36N2O2Si. The lowest BCUT2D eigenvalue weighted by Crippen LogP contribution is -2.43. The molecule has 2 aliphatic heterocycles. The van der Waals surface area contributed by atoms with Gasteiger partial charge in [0.2, 0.25) is 0 Å². The molecule has 6 aromatic rings. The largest absolute Gasteiger partial charge is 0.457 e. The summed E-state index contributed by atoms with van der Waals surface area (Å²) in [4.78, 5) is 15.5. The Morgan fingerprint density at radius 2 is 1.29 bits per heavy atom. The van der Waals surface area contributed by atoms with Gasteiger partial charge in [-0.15, -0.1) is 0 Å². The molecule has 0 radical (unpaired) electrons. The average molecular weight is 605 g/mol. The van der Waals surface area contributed by atoms with Crippen LogP contribution in [0, 0.1) is 13.8 Å². The molecule has 5 heteroatoms. The van der Waals surface area contributed by atoms with Crippen LogP contribution in [0.2, 0.25) is 19.6 Å². The Balaban J connectivity index is 1.54. The zero-order valence-electron chi connectivity index (χ0n) is 26.6. The average Bonchev–Trinajstić information content (AvgIpc) is 3.03. The monoisotopic (exact) mass is 604 g/mol. The molecule has 1 aromatic heterocycles. The molecule has 2 aliphatic rings. The summed E-state index contributed by atoms with van der Waals surface area (Å²) in [6.45, 7) is 11.5. The summed E-state index contributed by atoms with van der Waals surface area (Å²) in [5.41, 5.74) is 9.81. The molecule has 5 aromatic carbocycles. The molecule has 0 bridgehead atoms. The fraction of sp³-hybridized carbons (Fsp3) is 0.175. The quantitative estimate of drug-likeness (QED) is 0.185. The van der Waals surface area contributed by atoms with Crippen LogP contribution >= 0.6 is 0 Å². The Kier molecular flexibility index (Phi) is 5.88. The van der Waals surface area contributed by atoms with E-state index < -0.39 is 13.5 Å². The standard InChI is InChI=1S/C40H36N2O2Si/c1-25-15-19-35-33(21-25)40(31-11-7-9-13-37(31)44-38-14-10-8-12-32(38)40)34-23-28(45(4,5)6)17-20-36(34)42(35)27-16-18-29-30(22-27)26(2)24-41(3)39(29)43/h7-24H,1-6H3. The minimum Gasteiger partial charge on any atom is -0.457 e. The fourth-order valence-corrected chi connectivity index (χ4v) is 8.72. The number of nitrogens with zero attached hydrogens (tertiary/aromatic N) is 2. The zero-order valence-corrected chi connectivity index (χ0v) is 27.6. The van der Waals surface area contributed by atoms with Gasteiger partial charge in [0.15, 0.2) is 0 Å². The fourth-order valence-electron chi connectivity index (χ4n) is 7.56. The van der Waals surface area contributed by atoms with Crippen LogP contribution in [0.1, 0.15) is 33.4 Å². The van der Waals surface area contributed by atoms with Crippen molar-refractivity contribution in [3.05, 3.63) is 153 Å². The normalized spacial score (nSPS) is 14.4. The lowest BCUT2D eigenvalue weighted by molar-refractivity contribution is 0.434. The van der Waals surface area contributed by atoms with Crippen LogP contribution in [0.4, 0.5) is 17.1 Å². The zero-order chi connectivity index (χ0) is 31.2. The summed E-state index contributed by atoms with van der Waals surface area (Å²) in [7, 11) is 0.119. The molecule has 0 amide bonds. The highest BCUT2D eigenvalue weighted by molar-refractivity contribution is 6.88. The third kappa shape index (κ3) is 3.87. The number of aromatic nitrogens is 1. The van der Waals surface area contributed by atoms with E-state index in [-0.39, 0.29) is 5.56 Å². The van der Waals surface area contributed by atoms with Crippen molar-refractivity contribution in [2.45, 2.75) is 38.9 Å². The highest BCUT2D eigenvalue weighted by atomic mass is 28.3. The topological polar surface area (TPSA) is 34.5 Å². The number of rotatable bonds is 2. The van der Waals surface area contributed by atoms with Crippen molar-refractivity contribution in [1.29, 1.82) is 0 Å². The van der Waals surface area contributed by atoms with Crippen LogP contribution < -0.4 is 20.4 Å². The van der Waals surface area contributed by atoms with E-state index in [0.717, 1.165) is 56.0 Å². The van der Waals surface area contributed by atoms with E-state index in [4.69, 9.17) is 4.74 Å². The maximum atomic E-state index is 13.1. The van der Waals surface area contributed by atoms with Crippen molar-refractivity contribution in [1.82, 2.24) is 4.57 Å². The molecule has 0 atom stereocenters. The maximum absolute atomic E-state index is 13.1. The Labute approximate surface area is 265 Å². The highest BCUT2D eigenvalue weighted by Gasteiger charge is 2.51. The predicted octanol–water partition coefficient (Wildman–Crippen LogP) is 8.97. The van der Waals surface area contributed by atoms with Crippen molar-refractivity contribution < 1.29 is 4.74 Å². The van der Waals surface area contributed by atoms with Gasteiger partial charge in [0.25, 0.3) is 5.56 Å². The number of aryl methyl sites for hydroxylation is 3. The first-order chi connectivity index (χ1) is 21.6. The molecule has 222 valence electrons. The van der Waals surface area contributed by atoms with Gasteiger partial charge in [-0.05, 0) is 78.4 Å². The SMILES string of the molecule is Cc1ccc2c(c1)C1(c3ccccc3Oc3ccccc31)c1cc([Si](C)(C)C)ccc1N2c1ccc2c(=O)n(C)cc(C)c2c1. The number of hydrogen-bond donors (Lipinski definition) is 0. The maximum Gasteiger partial charge on any atom is 0.258 e. The van der Waals surface area contributed by atoms with E-state index >= 15 is 0 Å². The van der Waals surface area contributed by atoms with Crippen molar-refractivity contribution in [3.8, 4) is 11.5 Å². The van der Waals surface area contributed by atoms with Crippen molar-refractivity contribution >= 4 is 41.1 Å². The number of anilines is 3. The lowest BCUT2D eigenvalue weighted by atomic mass is 9.61. The molecule has 0 saturated heterocycles. The van der Waals surface area contributed by atoms with Gasteiger partial charge in [-0.1, -0.05) is 91.1 Å². The van der Waals surface area contributed by atoms with E-state index in [1.807, 2.05) is 19.3 Å². The summed E-state index contributed by atoms with van der Waals surface area (Å²) in [5.74, 6) is 1.78. The van der Waals surface area contributed by atoms with E-state index in [2.05, 4.69) is 135 Å². The van der Waals surface area contributed by atoms with Crippen molar-refractivity contribution in [2.24, 2.45) is 7.05 Å². The molecule has 3 heterocycles. The van der Waals surface area contributed by atoms with Crippen LogP contribution in [-0.4, -0.2) is 12.6 Å². The molecule has 45 heavy (non-hydrogen) atoms. The van der Waals surface area contributed by atoms with E-state index in [1.165, 1.54) is 21.9 Å². The molecule has 1 spiro atoms. The number of para-hydroxylation sites is 2. The summed E-state index contributed by atoms with van der Waals surface area (Å²) in [5, 5.41) is 3.13. The summed E-state index contributed by atoms with van der Waals surface area (Å²) < 4.78 is 8.29. The van der Waals surface area contributed by atoms with E-state index in [1.54, 1.807) is 4.57 Å². The van der Waals surface area contributed by atoms with Gasteiger partial charge in [0, 0.05) is 35.4 Å². The molecular weight excluding hydrogens is 569 g/mol. The number of benzene rings is 5. The van der Waals surface area contributed by atoms with Crippen LogP contribution in [0.15, 0.2) is 114 Å². The Morgan fingerprint density at radius 3 is 1.96 bits per heavy atom. The van der Waals surface area contributed by atoms with Crippen LogP contribution in [-0.2, 0) is 12.5 Å². The Hall–Kier alpha value is -4.87. The van der Waals surface area contributed by atoms with Gasteiger partial charge in [0.05, 0.1) is 24.9 Å². The third-order valence-electron chi connectivity index (χ3n) is 9.73. The second kappa shape index (κ2) is 9.56. The Morgan fingerprint density at radius 1 is 0.667 bits per heavy atom. The Bertz CT molecular complexity index is 2210. The minimum atomic E-state index is -1.70. The van der Waals surface area contributed by atoms with Crippen LogP contribution in [0.25, 0.3) is 10.8 Å². The highest BCUT2D eigenvalue weighted by Crippen LogP contribution is 2.62. The van der Waals surface area contributed by atoms with E-state index in [0.29, 0.717) is 0 Å². The predicted molar refractivity (Wildman–Crippen MR) is 188 cm³/mol. The summed E-state index contributed by atoms with van der Waals surface area (Å²) in [6, 6.07) is 37.4. The first-order valence-corrected chi connectivity index (χ1v) is 19.1. The van der Waals surface area contributed by atoms with E-state index in [9.17, 15) is 4.79 Å². The summed E-state index contributed by atoms with van der Waals surface area (Å²) in [6.07, 6.45) is 1.93. The van der Waals surface area contributed by atoms with Gasteiger partial charge < -0.3 is 14.2 Å². The minimum absolute atomic E-state index is 0.0198. The molecule has 0 saturated carbocycles.